The summed E-state index contributed by atoms with van der Waals surface area (Å²) in [5, 5.41) is 9.00. The van der Waals surface area contributed by atoms with Crippen molar-refractivity contribution < 1.29 is 26.6 Å². The second-order valence-corrected chi connectivity index (χ2v) is 17.8. The molecule has 0 N–H and O–H groups in total. The highest BCUT2D eigenvalue weighted by molar-refractivity contribution is 7.85. The van der Waals surface area contributed by atoms with Crippen LogP contribution >= 0.6 is 8.53 Å². The van der Waals surface area contributed by atoms with Gasteiger partial charge in [-0.15, -0.1) is 0 Å². The summed E-state index contributed by atoms with van der Waals surface area (Å²) in [4.78, 5) is 1.98. The van der Waals surface area contributed by atoms with Gasteiger partial charge in [0.1, 0.15) is 16.7 Å². The molecule has 1 atom stereocenters. The van der Waals surface area contributed by atoms with Gasteiger partial charge in [-0.25, -0.2) is 13.1 Å². The largest absolute Gasteiger partial charge is 0.744 e. The maximum absolute atomic E-state index is 11.8. The first-order chi connectivity index (χ1) is 24.6. The van der Waals surface area contributed by atoms with Gasteiger partial charge in [-0.2, -0.15) is 9.84 Å². The summed E-state index contributed by atoms with van der Waals surface area (Å²) in [6.07, 6.45) is 13.8. The Labute approximate surface area is 314 Å². The van der Waals surface area contributed by atoms with E-state index < -0.39 is 24.1 Å². The molecule has 0 aromatic heterocycles. The molecule has 0 bridgehead atoms. The molecular formula is C41H57N4O5PS. The SMILES string of the molecule is CCN1C(=CC=CC=CC2=[N+](CCCCCOP(OCCC#N)N(C(C)C)C(C)C)c3ccccc3C2(C)C)C(C)(C)c2cc(S(=O)(=O)[O-])ccc21. The summed E-state index contributed by atoms with van der Waals surface area (Å²) in [5.74, 6) is 0. The molecule has 2 heterocycles. The summed E-state index contributed by atoms with van der Waals surface area (Å²) < 4.78 is 52.4. The molecule has 0 spiro atoms. The third-order valence-electron chi connectivity index (χ3n) is 9.89. The standard InChI is InChI=1S/C41H57N4O5PS/c1-10-43-37-25-24-33(52(46,47)48)30-35(37)41(8,9)38(43)22-13-11-14-23-39-40(6,7)34-20-15-16-21-36(34)44(39)27-17-12-18-28-49-51(50-29-19-26-42)45(31(2)3)32(4)5/h11,13-16,20-25,30-32H,10,12,17-19,27-29H2,1-9H3. The fourth-order valence-corrected chi connectivity index (χ4v) is 9.52. The summed E-state index contributed by atoms with van der Waals surface area (Å²) >= 11 is 0. The molecule has 2 aliphatic rings. The van der Waals surface area contributed by atoms with Gasteiger partial charge in [-0.1, -0.05) is 50.3 Å². The Morgan fingerprint density at radius 2 is 1.63 bits per heavy atom. The minimum Gasteiger partial charge on any atom is -0.744 e. The number of fused-ring (bicyclic) bond motifs is 2. The van der Waals surface area contributed by atoms with Crippen LogP contribution in [-0.2, 0) is 30.0 Å². The molecule has 0 aliphatic carbocycles. The lowest BCUT2D eigenvalue weighted by molar-refractivity contribution is -0.438. The predicted molar refractivity (Wildman–Crippen MR) is 211 cm³/mol. The van der Waals surface area contributed by atoms with Gasteiger partial charge in [0.2, 0.25) is 5.69 Å². The molecule has 2 aromatic carbocycles. The van der Waals surface area contributed by atoms with E-state index in [-0.39, 0.29) is 22.4 Å². The molecule has 0 radical (unpaired) electrons. The number of nitriles is 1. The highest BCUT2D eigenvalue weighted by atomic mass is 32.2. The van der Waals surface area contributed by atoms with E-state index in [1.807, 2.05) is 12.2 Å². The average Bonchev–Trinajstić information content (AvgIpc) is 3.43. The molecule has 4 rings (SSSR count). The molecule has 0 fully saturated rings. The van der Waals surface area contributed by atoms with Crippen LogP contribution in [-0.4, -0.2) is 66.3 Å². The Hall–Kier alpha value is -3.16. The van der Waals surface area contributed by atoms with Gasteiger partial charge in [-0.05, 0) is 91.1 Å². The lowest BCUT2D eigenvalue weighted by atomic mass is 9.81. The fraction of sp³-hybridized carbons (Fsp3) is 0.512. The monoisotopic (exact) mass is 748 g/mol. The van der Waals surface area contributed by atoms with E-state index in [1.165, 1.54) is 29.1 Å². The second-order valence-electron chi connectivity index (χ2n) is 14.9. The van der Waals surface area contributed by atoms with Gasteiger partial charge in [0.15, 0.2) is 5.71 Å². The number of hydrogen-bond donors (Lipinski definition) is 0. The molecular weight excluding hydrogens is 692 g/mol. The van der Waals surface area contributed by atoms with E-state index in [9.17, 15) is 13.0 Å². The molecule has 9 nitrogen and oxygen atoms in total. The minimum atomic E-state index is -4.55. The predicted octanol–water partition coefficient (Wildman–Crippen LogP) is 9.24. The Kier molecular flexibility index (Phi) is 14.2. The molecule has 2 aromatic rings. The molecule has 0 saturated carbocycles. The smallest absolute Gasteiger partial charge is 0.259 e. The highest BCUT2D eigenvalue weighted by Crippen LogP contribution is 2.49. The van der Waals surface area contributed by atoms with Crippen molar-refractivity contribution in [2.45, 2.75) is 116 Å². The lowest BCUT2D eigenvalue weighted by Crippen LogP contribution is -2.33. The normalized spacial score (nSPS) is 18.1. The first kappa shape index (κ1) is 41.6. The first-order valence-electron chi connectivity index (χ1n) is 18.5. The van der Waals surface area contributed by atoms with Crippen LogP contribution < -0.4 is 4.90 Å². The van der Waals surface area contributed by atoms with Crippen LogP contribution in [0.4, 0.5) is 11.4 Å². The number of allylic oxidation sites excluding steroid dienone is 6. The molecule has 52 heavy (non-hydrogen) atoms. The molecule has 2 aliphatic heterocycles. The van der Waals surface area contributed by atoms with Gasteiger partial charge in [-0.3, -0.25) is 0 Å². The molecule has 1 unspecified atom stereocenters. The van der Waals surface area contributed by atoms with E-state index in [0.717, 1.165) is 42.8 Å². The highest BCUT2D eigenvalue weighted by Gasteiger charge is 2.44. The Bertz CT molecular complexity index is 1830. The van der Waals surface area contributed by atoms with Gasteiger partial charge >= 0.3 is 0 Å². The first-order valence-corrected chi connectivity index (χ1v) is 21.0. The van der Waals surface area contributed by atoms with E-state index >= 15 is 0 Å². The third kappa shape index (κ3) is 9.31. The van der Waals surface area contributed by atoms with Gasteiger partial charge in [0.25, 0.3) is 8.53 Å². The summed E-state index contributed by atoms with van der Waals surface area (Å²) in [6.45, 7) is 22.0. The fourth-order valence-electron chi connectivity index (χ4n) is 7.39. The maximum Gasteiger partial charge on any atom is 0.259 e. The molecule has 282 valence electrons. The zero-order valence-corrected chi connectivity index (χ0v) is 34.1. The maximum atomic E-state index is 11.8. The van der Waals surface area contributed by atoms with Crippen LogP contribution in [0.3, 0.4) is 0 Å². The van der Waals surface area contributed by atoms with Crippen molar-refractivity contribution in [3.63, 3.8) is 0 Å². The van der Waals surface area contributed by atoms with Crippen molar-refractivity contribution in [2.24, 2.45) is 0 Å². The van der Waals surface area contributed by atoms with Crippen molar-refractivity contribution in [2.75, 3.05) is 31.2 Å². The molecule has 0 saturated heterocycles. The van der Waals surface area contributed by atoms with E-state index in [2.05, 4.69) is 125 Å². The van der Waals surface area contributed by atoms with Gasteiger partial charge < -0.3 is 18.5 Å². The van der Waals surface area contributed by atoms with E-state index in [0.29, 0.717) is 26.2 Å². The van der Waals surface area contributed by atoms with Crippen LogP contribution in [0, 0.1) is 11.3 Å². The number of unbranched alkanes of at least 4 members (excludes halogenated alkanes) is 2. The summed E-state index contributed by atoms with van der Waals surface area (Å²) in [6, 6.07) is 16.0. The van der Waals surface area contributed by atoms with E-state index in [1.54, 1.807) is 6.07 Å². The quantitative estimate of drug-likeness (QED) is 0.0488. The molecule has 11 heteroatoms. The van der Waals surface area contributed by atoms with Crippen molar-refractivity contribution in [1.29, 1.82) is 5.26 Å². The van der Waals surface area contributed by atoms with Gasteiger partial charge in [0, 0.05) is 59.6 Å². The Morgan fingerprint density at radius 1 is 0.942 bits per heavy atom. The Balaban J connectivity index is 1.47. The number of likely N-dealkylation sites (N-methyl/N-ethyl adjacent to an activating group) is 1. The topological polar surface area (TPSA) is 109 Å². The van der Waals surface area contributed by atoms with Gasteiger partial charge in [0.05, 0.1) is 36.0 Å². The second kappa shape index (κ2) is 17.8. The van der Waals surface area contributed by atoms with Crippen molar-refractivity contribution in [3.05, 3.63) is 89.7 Å². The van der Waals surface area contributed by atoms with Crippen LogP contribution in [0.15, 0.2) is 83.4 Å². The number of anilines is 1. The number of nitrogens with zero attached hydrogens (tertiary/aromatic N) is 4. The number of benzene rings is 2. The van der Waals surface area contributed by atoms with Crippen LogP contribution in [0.5, 0.6) is 0 Å². The van der Waals surface area contributed by atoms with Crippen molar-refractivity contribution in [1.82, 2.24) is 4.67 Å². The Morgan fingerprint density at radius 3 is 2.29 bits per heavy atom. The molecule has 0 amide bonds. The summed E-state index contributed by atoms with van der Waals surface area (Å²) in [7, 11) is -5.77. The number of hydrogen-bond acceptors (Lipinski definition) is 8. The summed E-state index contributed by atoms with van der Waals surface area (Å²) in [5.41, 5.74) is 5.98. The van der Waals surface area contributed by atoms with Crippen molar-refractivity contribution in [3.8, 4) is 6.07 Å². The zero-order valence-electron chi connectivity index (χ0n) is 32.4. The minimum absolute atomic E-state index is 0.163. The average molecular weight is 749 g/mol. The van der Waals surface area contributed by atoms with Crippen LogP contribution in [0.2, 0.25) is 0 Å². The number of para-hydroxylation sites is 1. The zero-order chi connectivity index (χ0) is 38.3. The van der Waals surface area contributed by atoms with E-state index in [4.69, 9.17) is 14.3 Å². The lowest BCUT2D eigenvalue weighted by Gasteiger charge is -2.35. The third-order valence-corrected chi connectivity index (χ3v) is 12.8. The number of rotatable bonds is 18. The van der Waals surface area contributed by atoms with Crippen LogP contribution in [0.25, 0.3) is 0 Å². The van der Waals surface area contributed by atoms with Crippen molar-refractivity contribution >= 4 is 35.7 Å². The van der Waals surface area contributed by atoms with Crippen LogP contribution in [0.1, 0.15) is 99.1 Å².